The van der Waals surface area contributed by atoms with Gasteiger partial charge in [0.2, 0.25) is 0 Å². The molecule has 0 unspecified atom stereocenters. The Labute approximate surface area is 135 Å². The van der Waals surface area contributed by atoms with Crippen molar-refractivity contribution in [3.05, 3.63) is 53.7 Å². The van der Waals surface area contributed by atoms with Gasteiger partial charge in [-0.2, -0.15) is 5.26 Å². The quantitative estimate of drug-likeness (QED) is 0.567. The Kier molecular flexibility index (Phi) is 3.10. The van der Waals surface area contributed by atoms with Gasteiger partial charge in [0.05, 0.1) is 5.39 Å². The van der Waals surface area contributed by atoms with Gasteiger partial charge in [0, 0.05) is 10.9 Å². The standard InChI is InChI=1S/C16H10N6S/c1-10-19-15(22-9-18-13(7-17)21-22)14-12(8-23-16(14)20-10)11-5-3-2-4-6-11/h2-6,8-9H,1H3. The SMILES string of the molecule is Cc1nc(-n2cnc(C#N)n2)c2c(-c3ccccc3)csc2n1. The van der Waals surface area contributed by atoms with Gasteiger partial charge in [0.15, 0.2) is 5.82 Å². The molecule has 0 saturated heterocycles. The van der Waals surface area contributed by atoms with Crippen molar-refractivity contribution in [3.8, 4) is 23.0 Å². The van der Waals surface area contributed by atoms with E-state index in [1.807, 2.05) is 43.3 Å². The topological polar surface area (TPSA) is 80.3 Å². The lowest BCUT2D eigenvalue weighted by Crippen LogP contribution is -2.02. The average molecular weight is 318 g/mol. The van der Waals surface area contributed by atoms with E-state index in [1.54, 1.807) is 11.3 Å². The number of thiophene rings is 1. The summed E-state index contributed by atoms with van der Waals surface area (Å²) >= 11 is 1.57. The van der Waals surface area contributed by atoms with Crippen LogP contribution in [0, 0.1) is 18.3 Å². The van der Waals surface area contributed by atoms with E-state index < -0.39 is 0 Å². The monoisotopic (exact) mass is 318 g/mol. The molecule has 6 nitrogen and oxygen atoms in total. The Morgan fingerprint density at radius 1 is 1.17 bits per heavy atom. The van der Waals surface area contributed by atoms with E-state index in [0.717, 1.165) is 21.3 Å². The summed E-state index contributed by atoms with van der Waals surface area (Å²) in [5.74, 6) is 1.41. The van der Waals surface area contributed by atoms with Crippen LogP contribution >= 0.6 is 11.3 Å². The lowest BCUT2D eigenvalue weighted by atomic mass is 10.1. The van der Waals surface area contributed by atoms with Gasteiger partial charge in [-0.1, -0.05) is 30.3 Å². The largest absolute Gasteiger partial charge is 0.252 e. The zero-order valence-corrected chi connectivity index (χ0v) is 12.9. The number of aryl methyl sites for hydroxylation is 1. The highest BCUT2D eigenvalue weighted by molar-refractivity contribution is 7.17. The Morgan fingerprint density at radius 2 is 2.00 bits per heavy atom. The van der Waals surface area contributed by atoms with Gasteiger partial charge in [-0.05, 0) is 12.5 Å². The van der Waals surface area contributed by atoms with Gasteiger partial charge in [0.1, 0.15) is 23.1 Å². The van der Waals surface area contributed by atoms with Crippen molar-refractivity contribution in [2.75, 3.05) is 0 Å². The molecule has 23 heavy (non-hydrogen) atoms. The molecule has 0 atom stereocenters. The van der Waals surface area contributed by atoms with E-state index in [1.165, 1.54) is 11.0 Å². The van der Waals surface area contributed by atoms with Crippen LogP contribution in [0.15, 0.2) is 42.0 Å². The number of hydrogen-bond donors (Lipinski definition) is 0. The van der Waals surface area contributed by atoms with Crippen molar-refractivity contribution in [2.45, 2.75) is 6.92 Å². The van der Waals surface area contributed by atoms with Crippen LogP contribution in [0.1, 0.15) is 11.6 Å². The Balaban J connectivity index is 2.03. The molecule has 0 aliphatic carbocycles. The van der Waals surface area contributed by atoms with E-state index in [0.29, 0.717) is 11.6 Å². The number of benzene rings is 1. The molecule has 7 heteroatoms. The second-order valence-corrected chi connectivity index (χ2v) is 5.77. The van der Waals surface area contributed by atoms with Crippen LogP contribution in [-0.4, -0.2) is 24.7 Å². The fourth-order valence-corrected chi connectivity index (χ4v) is 3.43. The van der Waals surface area contributed by atoms with E-state index in [2.05, 4.69) is 25.4 Å². The van der Waals surface area contributed by atoms with Gasteiger partial charge in [-0.15, -0.1) is 16.4 Å². The van der Waals surface area contributed by atoms with E-state index >= 15 is 0 Å². The number of rotatable bonds is 2. The van der Waals surface area contributed by atoms with Crippen LogP contribution in [-0.2, 0) is 0 Å². The summed E-state index contributed by atoms with van der Waals surface area (Å²) in [7, 11) is 0. The highest BCUT2D eigenvalue weighted by Crippen LogP contribution is 2.35. The summed E-state index contributed by atoms with van der Waals surface area (Å²) in [5, 5.41) is 16.1. The van der Waals surface area contributed by atoms with Crippen molar-refractivity contribution in [1.29, 1.82) is 5.26 Å². The summed E-state index contributed by atoms with van der Waals surface area (Å²) in [6.45, 7) is 1.84. The highest BCUT2D eigenvalue weighted by Gasteiger charge is 2.16. The molecule has 4 rings (SSSR count). The summed E-state index contributed by atoms with van der Waals surface area (Å²) in [6, 6.07) is 12.0. The van der Waals surface area contributed by atoms with Gasteiger partial charge in [-0.3, -0.25) is 0 Å². The predicted octanol–water partition coefficient (Wildman–Crippen LogP) is 3.12. The van der Waals surface area contributed by atoms with Crippen molar-refractivity contribution in [3.63, 3.8) is 0 Å². The number of aromatic nitrogens is 5. The molecular weight excluding hydrogens is 308 g/mol. The molecule has 0 aliphatic heterocycles. The maximum atomic E-state index is 8.94. The smallest absolute Gasteiger partial charge is 0.222 e. The minimum Gasteiger partial charge on any atom is -0.222 e. The molecule has 3 aromatic heterocycles. The molecule has 0 N–H and O–H groups in total. The third kappa shape index (κ3) is 2.25. The van der Waals surface area contributed by atoms with Crippen LogP contribution in [0.5, 0.6) is 0 Å². The molecule has 0 saturated carbocycles. The summed E-state index contributed by atoms with van der Waals surface area (Å²) in [4.78, 5) is 13.9. The van der Waals surface area contributed by atoms with Crippen molar-refractivity contribution >= 4 is 21.6 Å². The first-order valence-corrected chi connectivity index (χ1v) is 7.77. The van der Waals surface area contributed by atoms with Crippen LogP contribution in [0.3, 0.4) is 0 Å². The number of hydrogen-bond acceptors (Lipinski definition) is 6. The molecule has 1 aromatic carbocycles. The number of fused-ring (bicyclic) bond motifs is 1. The maximum absolute atomic E-state index is 8.94. The van der Waals surface area contributed by atoms with Gasteiger partial charge < -0.3 is 0 Å². The Hall–Kier alpha value is -3.11. The van der Waals surface area contributed by atoms with E-state index in [4.69, 9.17) is 5.26 Å². The molecule has 0 radical (unpaired) electrons. The lowest BCUT2D eigenvalue weighted by molar-refractivity contribution is 0.836. The minimum absolute atomic E-state index is 0.117. The van der Waals surface area contributed by atoms with E-state index in [-0.39, 0.29) is 5.82 Å². The first-order chi connectivity index (χ1) is 11.3. The van der Waals surface area contributed by atoms with Crippen LogP contribution < -0.4 is 0 Å². The second kappa shape index (κ2) is 5.26. The van der Waals surface area contributed by atoms with Crippen LogP contribution in [0.2, 0.25) is 0 Å². The fourth-order valence-electron chi connectivity index (χ4n) is 2.44. The van der Waals surface area contributed by atoms with Crippen molar-refractivity contribution in [2.24, 2.45) is 0 Å². The first-order valence-electron chi connectivity index (χ1n) is 6.89. The summed E-state index contributed by atoms with van der Waals surface area (Å²) < 4.78 is 1.54. The predicted molar refractivity (Wildman–Crippen MR) is 87.2 cm³/mol. The Morgan fingerprint density at radius 3 is 2.74 bits per heavy atom. The van der Waals surface area contributed by atoms with Gasteiger partial charge >= 0.3 is 0 Å². The molecule has 110 valence electrons. The molecular formula is C16H10N6S. The van der Waals surface area contributed by atoms with Crippen LogP contribution in [0.25, 0.3) is 27.2 Å². The summed E-state index contributed by atoms with van der Waals surface area (Å²) in [6.07, 6.45) is 1.51. The summed E-state index contributed by atoms with van der Waals surface area (Å²) in [5.41, 5.74) is 2.14. The molecule has 0 spiro atoms. The van der Waals surface area contributed by atoms with Crippen molar-refractivity contribution in [1.82, 2.24) is 24.7 Å². The Bertz CT molecular complexity index is 1040. The number of nitrogens with zero attached hydrogens (tertiary/aromatic N) is 6. The molecule has 0 bridgehead atoms. The average Bonchev–Trinajstić information content (AvgIpc) is 3.21. The zero-order chi connectivity index (χ0) is 15.8. The highest BCUT2D eigenvalue weighted by atomic mass is 32.1. The first kappa shape index (κ1) is 13.5. The van der Waals surface area contributed by atoms with Crippen molar-refractivity contribution < 1.29 is 0 Å². The molecule has 0 fully saturated rings. The van der Waals surface area contributed by atoms with E-state index in [9.17, 15) is 0 Å². The molecule has 4 aromatic rings. The van der Waals surface area contributed by atoms with Gasteiger partial charge in [0.25, 0.3) is 5.82 Å². The minimum atomic E-state index is 0.117. The van der Waals surface area contributed by atoms with Crippen LogP contribution in [0.4, 0.5) is 0 Å². The second-order valence-electron chi connectivity index (χ2n) is 4.91. The zero-order valence-electron chi connectivity index (χ0n) is 12.1. The molecule has 0 amide bonds. The van der Waals surface area contributed by atoms with Gasteiger partial charge in [-0.25, -0.2) is 19.6 Å². The maximum Gasteiger partial charge on any atom is 0.252 e. The molecule has 0 aliphatic rings. The fraction of sp³-hybridized carbons (Fsp3) is 0.0625. The normalized spacial score (nSPS) is 10.8. The number of nitriles is 1. The molecule has 3 heterocycles. The third-order valence-corrected chi connectivity index (χ3v) is 4.29. The third-order valence-electron chi connectivity index (χ3n) is 3.42. The lowest BCUT2D eigenvalue weighted by Gasteiger charge is -2.06.